The van der Waals surface area contributed by atoms with E-state index in [4.69, 9.17) is 5.73 Å². The summed E-state index contributed by atoms with van der Waals surface area (Å²) in [6, 6.07) is 13.3. The molecule has 94 valence electrons. The topological polar surface area (TPSA) is 26.0 Å². The minimum atomic E-state index is -4.44. The van der Waals surface area contributed by atoms with Crippen molar-refractivity contribution in [1.29, 1.82) is 0 Å². The van der Waals surface area contributed by atoms with Crippen molar-refractivity contribution in [1.82, 2.24) is 0 Å². The largest absolute Gasteiger partial charge is 0.407 e. The van der Waals surface area contributed by atoms with Gasteiger partial charge >= 0.3 is 6.18 Å². The summed E-state index contributed by atoms with van der Waals surface area (Å²) in [5, 5.41) is 0. The molecule has 1 nitrogen and oxygen atoms in total. The molecule has 0 saturated carbocycles. The zero-order valence-corrected chi connectivity index (χ0v) is 9.48. The third-order valence-corrected chi connectivity index (χ3v) is 2.73. The second-order valence-electron chi connectivity index (χ2n) is 3.97. The summed E-state index contributed by atoms with van der Waals surface area (Å²) in [4.78, 5) is 0. The lowest BCUT2D eigenvalue weighted by Gasteiger charge is -2.19. The molecule has 0 amide bonds. The van der Waals surface area contributed by atoms with E-state index in [0.717, 1.165) is 5.56 Å². The third kappa shape index (κ3) is 2.54. The first-order valence-corrected chi connectivity index (χ1v) is 5.47. The Hall–Kier alpha value is -1.81. The van der Waals surface area contributed by atoms with E-state index >= 15 is 0 Å². The van der Waals surface area contributed by atoms with Crippen LogP contribution in [0.2, 0.25) is 0 Å². The fourth-order valence-electron chi connectivity index (χ4n) is 1.83. The predicted molar refractivity (Wildman–Crippen MR) is 64.9 cm³/mol. The van der Waals surface area contributed by atoms with Crippen LogP contribution in [0.15, 0.2) is 54.6 Å². The van der Waals surface area contributed by atoms with Gasteiger partial charge in [0.1, 0.15) is 6.04 Å². The zero-order chi connectivity index (χ0) is 13.2. The summed E-state index contributed by atoms with van der Waals surface area (Å²) >= 11 is 0. The Bertz CT molecular complexity index is 520. The number of rotatable bonds is 2. The molecular formula is C14H12F3N. The highest BCUT2D eigenvalue weighted by Gasteiger charge is 2.38. The lowest BCUT2D eigenvalue weighted by atomic mass is 9.95. The van der Waals surface area contributed by atoms with Gasteiger partial charge in [0.05, 0.1) is 0 Å². The second-order valence-corrected chi connectivity index (χ2v) is 3.97. The van der Waals surface area contributed by atoms with Crippen molar-refractivity contribution < 1.29 is 13.2 Å². The van der Waals surface area contributed by atoms with Crippen LogP contribution in [0.5, 0.6) is 0 Å². The van der Waals surface area contributed by atoms with Crippen molar-refractivity contribution in [3.63, 3.8) is 0 Å². The van der Waals surface area contributed by atoms with Gasteiger partial charge in [-0.15, -0.1) is 0 Å². The molecule has 0 aromatic heterocycles. The van der Waals surface area contributed by atoms with Crippen LogP contribution in [0.1, 0.15) is 11.6 Å². The van der Waals surface area contributed by atoms with Crippen LogP contribution in [-0.2, 0) is 0 Å². The molecule has 0 aliphatic carbocycles. The molecule has 18 heavy (non-hydrogen) atoms. The molecule has 0 heterocycles. The quantitative estimate of drug-likeness (QED) is 0.860. The second kappa shape index (κ2) is 4.82. The van der Waals surface area contributed by atoms with E-state index in [1.165, 1.54) is 6.07 Å². The Kier molecular flexibility index (Phi) is 3.39. The lowest BCUT2D eigenvalue weighted by molar-refractivity contribution is -0.149. The molecule has 0 aliphatic rings. The SMILES string of the molecule is N[C@@H](c1ccccc1-c1ccccc1)C(F)(F)F. The Morgan fingerprint density at radius 2 is 1.39 bits per heavy atom. The van der Waals surface area contributed by atoms with Gasteiger partial charge in [0.25, 0.3) is 0 Å². The van der Waals surface area contributed by atoms with Gasteiger partial charge in [-0.3, -0.25) is 0 Å². The molecule has 0 bridgehead atoms. The summed E-state index contributed by atoms with van der Waals surface area (Å²) in [6.45, 7) is 0. The normalized spacial score (nSPS) is 13.3. The first kappa shape index (κ1) is 12.6. The van der Waals surface area contributed by atoms with E-state index in [9.17, 15) is 13.2 Å². The number of hydrogen-bond donors (Lipinski definition) is 1. The highest BCUT2D eigenvalue weighted by Crippen LogP contribution is 2.35. The summed E-state index contributed by atoms with van der Waals surface area (Å²) in [7, 11) is 0. The number of alkyl halides is 3. The van der Waals surface area contributed by atoms with Gasteiger partial charge in [0.15, 0.2) is 0 Å². The summed E-state index contributed by atoms with van der Waals surface area (Å²) in [6.07, 6.45) is -4.44. The molecule has 0 unspecified atom stereocenters. The van der Waals surface area contributed by atoms with Gasteiger partial charge in [-0.2, -0.15) is 13.2 Å². The summed E-state index contributed by atoms with van der Waals surface area (Å²) in [5.74, 6) is 0. The summed E-state index contributed by atoms with van der Waals surface area (Å²) < 4.78 is 38.1. The molecule has 1 atom stereocenters. The first-order valence-electron chi connectivity index (χ1n) is 5.47. The number of halogens is 3. The van der Waals surface area contributed by atoms with Crippen LogP contribution in [0.25, 0.3) is 11.1 Å². The molecule has 2 rings (SSSR count). The Labute approximate surface area is 103 Å². The number of nitrogens with two attached hydrogens (primary N) is 1. The molecule has 4 heteroatoms. The predicted octanol–water partition coefficient (Wildman–Crippen LogP) is 3.92. The van der Waals surface area contributed by atoms with Crippen LogP contribution in [0, 0.1) is 0 Å². The molecule has 0 saturated heterocycles. The van der Waals surface area contributed by atoms with Gasteiger partial charge in [0.2, 0.25) is 0 Å². The average molecular weight is 251 g/mol. The zero-order valence-electron chi connectivity index (χ0n) is 9.48. The average Bonchev–Trinajstić information content (AvgIpc) is 2.38. The maximum atomic E-state index is 12.7. The highest BCUT2D eigenvalue weighted by atomic mass is 19.4. The molecule has 0 radical (unpaired) electrons. The molecular weight excluding hydrogens is 239 g/mol. The third-order valence-electron chi connectivity index (χ3n) is 2.73. The van der Waals surface area contributed by atoms with Crippen LogP contribution in [0.4, 0.5) is 13.2 Å². The Morgan fingerprint density at radius 1 is 0.833 bits per heavy atom. The van der Waals surface area contributed by atoms with E-state index in [0.29, 0.717) is 5.56 Å². The van der Waals surface area contributed by atoms with Crippen molar-refractivity contribution in [2.75, 3.05) is 0 Å². The number of benzene rings is 2. The molecule has 2 aromatic carbocycles. The fourth-order valence-corrected chi connectivity index (χ4v) is 1.83. The van der Waals surface area contributed by atoms with Crippen LogP contribution >= 0.6 is 0 Å². The van der Waals surface area contributed by atoms with Crippen LogP contribution in [-0.4, -0.2) is 6.18 Å². The van der Waals surface area contributed by atoms with Crippen molar-refractivity contribution in [3.8, 4) is 11.1 Å². The molecule has 0 fully saturated rings. The van der Waals surface area contributed by atoms with Crippen molar-refractivity contribution in [2.24, 2.45) is 5.73 Å². The standard InChI is InChI=1S/C14H12F3N/c15-14(16,17)13(18)12-9-5-4-8-11(12)10-6-2-1-3-7-10/h1-9,13H,18H2/t13-/m0/s1. The molecule has 0 spiro atoms. The van der Waals surface area contributed by atoms with Crippen LogP contribution in [0.3, 0.4) is 0 Å². The summed E-state index contributed by atoms with van der Waals surface area (Å²) in [5.41, 5.74) is 6.62. The molecule has 2 N–H and O–H groups in total. The maximum Gasteiger partial charge on any atom is 0.407 e. The minimum absolute atomic E-state index is 0.0937. The molecule has 0 aliphatic heterocycles. The Morgan fingerprint density at radius 3 is 2.00 bits per heavy atom. The van der Waals surface area contributed by atoms with E-state index in [-0.39, 0.29) is 5.56 Å². The fraction of sp³-hybridized carbons (Fsp3) is 0.143. The van der Waals surface area contributed by atoms with E-state index < -0.39 is 12.2 Å². The van der Waals surface area contributed by atoms with Crippen molar-refractivity contribution >= 4 is 0 Å². The molecule has 2 aromatic rings. The van der Waals surface area contributed by atoms with E-state index in [1.807, 2.05) is 6.07 Å². The van der Waals surface area contributed by atoms with Crippen molar-refractivity contribution in [3.05, 3.63) is 60.2 Å². The van der Waals surface area contributed by atoms with Crippen LogP contribution < -0.4 is 5.73 Å². The van der Waals surface area contributed by atoms with Gasteiger partial charge in [0, 0.05) is 0 Å². The van der Waals surface area contributed by atoms with E-state index in [2.05, 4.69) is 0 Å². The van der Waals surface area contributed by atoms with Crippen molar-refractivity contribution in [2.45, 2.75) is 12.2 Å². The van der Waals surface area contributed by atoms with E-state index in [1.54, 1.807) is 42.5 Å². The Balaban J connectivity index is 2.51. The first-order chi connectivity index (χ1) is 8.50. The minimum Gasteiger partial charge on any atom is -0.316 e. The maximum absolute atomic E-state index is 12.7. The number of hydrogen-bond acceptors (Lipinski definition) is 1. The van der Waals surface area contributed by atoms with Gasteiger partial charge < -0.3 is 5.73 Å². The van der Waals surface area contributed by atoms with Gasteiger partial charge in [-0.25, -0.2) is 0 Å². The lowest BCUT2D eigenvalue weighted by Crippen LogP contribution is -2.28. The highest BCUT2D eigenvalue weighted by molar-refractivity contribution is 5.68. The van der Waals surface area contributed by atoms with Gasteiger partial charge in [-0.05, 0) is 16.7 Å². The monoisotopic (exact) mass is 251 g/mol. The smallest absolute Gasteiger partial charge is 0.316 e. The van der Waals surface area contributed by atoms with Gasteiger partial charge in [-0.1, -0.05) is 54.6 Å².